The van der Waals surface area contributed by atoms with Crippen LogP contribution in [0.2, 0.25) is 0 Å². The molecule has 98 valence electrons. The number of thioether (sulfide) groups is 1. The minimum atomic E-state index is -0.997. The molecule has 1 unspecified atom stereocenters. The van der Waals surface area contributed by atoms with Crippen LogP contribution in [0.4, 0.5) is 0 Å². The average molecular weight is 268 g/mol. The Hall–Kier alpha value is -1.56. The van der Waals surface area contributed by atoms with Crippen molar-refractivity contribution in [1.82, 2.24) is 9.88 Å². The Morgan fingerprint density at radius 1 is 1.56 bits per heavy atom. The molecule has 0 aliphatic heterocycles. The average Bonchev–Trinajstić information content (AvgIpc) is 2.38. The number of carboxylic acids is 1. The summed E-state index contributed by atoms with van der Waals surface area (Å²) in [5, 5.41) is 9.66. The minimum Gasteiger partial charge on any atom is -0.480 e. The maximum atomic E-state index is 12.2. The third kappa shape index (κ3) is 3.01. The van der Waals surface area contributed by atoms with E-state index in [1.807, 2.05) is 6.26 Å². The smallest absolute Gasteiger partial charge is 0.326 e. The second-order valence-electron chi connectivity index (χ2n) is 3.74. The molecule has 0 saturated carbocycles. The summed E-state index contributed by atoms with van der Waals surface area (Å²) in [4.78, 5) is 28.6. The molecule has 0 aliphatic carbocycles. The number of nitrogens with zero attached hydrogens (tertiary/aromatic N) is 2. The number of rotatable bonds is 5. The first-order valence-corrected chi connectivity index (χ1v) is 6.74. The van der Waals surface area contributed by atoms with Crippen molar-refractivity contribution in [2.45, 2.75) is 24.4 Å². The SMILES string of the molecule is CCC(C(=O)O)N(C)C(=O)c1cccnc1SC. The second-order valence-corrected chi connectivity index (χ2v) is 4.53. The summed E-state index contributed by atoms with van der Waals surface area (Å²) in [5.41, 5.74) is 0.437. The Morgan fingerprint density at radius 2 is 2.22 bits per heavy atom. The lowest BCUT2D eigenvalue weighted by atomic mass is 10.1. The van der Waals surface area contributed by atoms with E-state index in [1.54, 1.807) is 25.3 Å². The van der Waals surface area contributed by atoms with Crippen molar-refractivity contribution in [1.29, 1.82) is 0 Å². The van der Waals surface area contributed by atoms with Crippen LogP contribution in [0.15, 0.2) is 23.4 Å². The van der Waals surface area contributed by atoms with Crippen LogP contribution in [-0.2, 0) is 4.79 Å². The van der Waals surface area contributed by atoms with E-state index >= 15 is 0 Å². The number of carboxylic acid groups (broad SMARTS) is 1. The predicted octanol–water partition coefficient (Wildman–Crippen LogP) is 1.74. The van der Waals surface area contributed by atoms with Gasteiger partial charge in [0.2, 0.25) is 0 Å². The van der Waals surface area contributed by atoms with Gasteiger partial charge in [-0.2, -0.15) is 0 Å². The minimum absolute atomic E-state index is 0.318. The fraction of sp³-hybridized carbons (Fsp3) is 0.417. The van der Waals surface area contributed by atoms with Crippen LogP contribution in [0.1, 0.15) is 23.7 Å². The number of likely N-dealkylation sites (N-methyl/N-ethyl adjacent to an activating group) is 1. The van der Waals surface area contributed by atoms with Crippen molar-refractivity contribution in [3.63, 3.8) is 0 Å². The van der Waals surface area contributed by atoms with Gasteiger partial charge in [-0.05, 0) is 24.8 Å². The number of pyridine rings is 1. The predicted molar refractivity (Wildman–Crippen MR) is 69.8 cm³/mol. The highest BCUT2D eigenvalue weighted by Crippen LogP contribution is 2.19. The summed E-state index contributed by atoms with van der Waals surface area (Å²) >= 11 is 1.36. The van der Waals surface area contributed by atoms with Gasteiger partial charge in [0.1, 0.15) is 11.1 Å². The van der Waals surface area contributed by atoms with E-state index in [0.29, 0.717) is 17.0 Å². The molecule has 1 rings (SSSR count). The van der Waals surface area contributed by atoms with Crippen molar-refractivity contribution in [2.24, 2.45) is 0 Å². The van der Waals surface area contributed by atoms with E-state index in [4.69, 9.17) is 5.11 Å². The standard InChI is InChI=1S/C12H16N2O3S/c1-4-9(12(16)17)14(2)11(15)8-6-5-7-13-10(8)18-3/h5-7,9H,4H2,1-3H3,(H,16,17). The summed E-state index contributed by atoms with van der Waals surface area (Å²) in [6.07, 6.45) is 3.80. The van der Waals surface area contributed by atoms with E-state index in [1.165, 1.54) is 23.7 Å². The van der Waals surface area contributed by atoms with E-state index < -0.39 is 12.0 Å². The zero-order valence-electron chi connectivity index (χ0n) is 10.6. The number of aliphatic carboxylic acids is 1. The molecule has 5 nitrogen and oxygen atoms in total. The Labute approximate surface area is 110 Å². The number of carbonyl (C=O) groups is 2. The number of hydrogen-bond donors (Lipinski definition) is 1. The molecule has 0 radical (unpaired) electrons. The summed E-state index contributed by atoms with van der Waals surface area (Å²) in [7, 11) is 1.50. The normalized spacial score (nSPS) is 11.9. The molecule has 0 bridgehead atoms. The molecule has 1 aromatic rings. The number of carbonyl (C=O) groups excluding carboxylic acids is 1. The number of amides is 1. The van der Waals surface area contributed by atoms with Crippen LogP contribution in [0.25, 0.3) is 0 Å². The van der Waals surface area contributed by atoms with Gasteiger partial charge in [-0.1, -0.05) is 6.92 Å². The van der Waals surface area contributed by atoms with Crippen molar-refractivity contribution >= 4 is 23.6 Å². The lowest BCUT2D eigenvalue weighted by molar-refractivity contribution is -0.142. The first-order valence-electron chi connectivity index (χ1n) is 5.51. The van der Waals surface area contributed by atoms with E-state index in [-0.39, 0.29) is 5.91 Å². The van der Waals surface area contributed by atoms with Gasteiger partial charge >= 0.3 is 5.97 Å². The van der Waals surface area contributed by atoms with Crippen molar-refractivity contribution < 1.29 is 14.7 Å². The van der Waals surface area contributed by atoms with Gasteiger partial charge in [-0.15, -0.1) is 11.8 Å². The Bertz CT molecular complexity index is 451. The molecular weight excluding hydrogens is 252 g/mol. The van der Waals surface area contributed by atoms with Gasteiger partial charge in [0.25, 0.3) is 5.91 Å². The third-order valence-electron chi connectivity index (χ3n) is 2.65. The molecule has 0 aromatic carbocycles. The van der Waals surface area contributed by atoms with Crippen LogP contribution in [0.3, 0.4) is 0 Å². The molecule has 1 aromatic heterocycles. The molecule has 0 saturated heterocycles. The van der Waals surface area contributed by atoms with E-state index in [2.05, 4.69) is 4.98 Å². The van der Waals surface area contributed by atoms with Crippen molar-refractivity contribution in [3.05, 3.63) is 23.9 Å². The fourth-order valence-electron chi connectivity index (χ4n) is 1.66. The van der Waals surface area contributed by atoms with E-state index in [9.17, 15) is 9.59 Å². The molecule has 0 spiro atoms. The topological polar surface area (TPSA) is 70.5 Å². The van der Waals surface area contributed by atoms with Gasteiger partial charge in [0.15, 0.2) is 0 Å². The molecular formula is C12H16N2O3S. The summed E-state index contributed by atoms with van der Waals surface area (Å²) in [5.74, 6) is -1.32. The zero-order valence-corrected chi connectivity index (χ0v) is 11.4. The van der Waals surface area contributed by atoms with E-state index in [0.717, 1.165) is 0 Å². The Morgan fingerprint density at radius 3 is 2.72 bits per heavy atom. The third-order valence-corrected chi connectivity index (χ3v) is 3.37. The molecule has 6 heteroatoms. The molecule has 1 amide bonds. The highest BCUT2D eigenvalue weighted by molar-refractivity contribution is 7.98. The molecule has 1 heterocycles. The van der Waals surface area contributed by atoms with Crippen LogP contribution in [0, 0.1) is 0 Å². The van der Waals surface area contributed by atoms with Crippen LogP contribution < -0.4 is 0 Å². The quantitative estimate of drug-likeness (QED) is 0.824. The van der Waals surface area contributed by atoms with Crippen LogP contribution in [0.5, 0.6) is 0 Å². The largest absolute Gasteiger partial charge is 0.480 e. The maximum absolute atomic E-state index is 12.2. The van der Waals surface area contributed by atoms with Gasteiger partial charge < -0.3 is 10.0 Å². The van der Waals surface area contributed by atoms with Gasteiger partial charge in [0.05, 0.1) is 5.56 Å². The highest BCUT2D eigenvalue weighted by atomic mass is 32.2. The Kier molecular flexibility index (Phi) is 5.15. The molecule has 1 N–H and O–H groups in total. The van der Waals surface area contributed by atoms with Crippen LogP contribution in [-0.4, -0.2) is 46.2 Å². The monoisotopic (exact) mass is 268 g/mol. The molecule has 1 atom stereocenters. The fourth-order valence-corrected chi connectivity index (χ4v) is 2.20. The zero-order chi connectivity index (χ0) is 13.7. The summed E-state index contributed by atoms with van der Waals surface area (Å²) < 4.78 is 0. The first kappa shape index (κ1) is 14.5. The van der Waals surface area contributed by atoms with Crippen molar-refractivity contribution in [2.75, 3.05) is 13.3 Å². The number of aromatic nitrogens is 1. The number of hydrogen-bond acceptors (Lipinski definition) is 4. The first-order chi connectivity index (χ1) is 8.52. The molecule has 0 aliphatic rings. The maximum Gasteiger partial charge on any atom is 0.326 e. The second kappa shape index (κ2) is 6.39. The Balaban J connectivity index is 3.02. The lowest BCUT2D eigenvalue weighted by Gasteiger charge is -2.24. The van der Waals surface area contributed by atoms with Crippen LogP contribution >= 0.6 is 11.8 Å². The van der Waals surface area contributed by atoms with Gasteiger partial charge in [-0.3, -0.25) is 4.79 Å². The van der Waals surface area contributed by atoms with Gasteiger partial charge in [-0.25, -0.2) is 9.78 Å². The molecule has 18 heavy (non-hydrogen) atoms. The van der Waals surface area contributed by atoms with Crippen molar-refractivity contribution in [3.8, 4) is 0 Å². The highest BCUT2D eigenvalue weighted by Gasteiger charge is 2.26. The summed E-state index contributed by atoms with van der Waals surface area (Å²) in [6.45, 7) is 1.74. The summed E-state index contributed by atoms with van der Waals surface area (Å²) in [6, 6.07) is 2.52. The van der Waals surface area contributed by atoms with Gasteiger partial charge in [0, 0.05) is 13.2 Å². The lowest BCUT2D eigenvalue weighted by Crippen LogP contribution is -2.42. The molecule has 0 fully saturated rings.